The van der Waals surface area contributed by atoms with Crippen LogP contribution in [0, 0.1) is 11.8 Å². The van der Waals surface area contributed by atoms with Crippen LogP contribution in [0.3, 0.4) is 0 Å². The minimum absolute atomic E-state index is 0.134. The van der Waals surface area contributed by atoms with Gasteiger partial charge in [0.15, 0.2) is 0 Å². The Morgan fingerprint density at radius 1 is 1.12 bits per heavy atom. The molecular weight excluding hydrogens is 312 g/mol. The molecule has 136 valence electrons. The zero-order chi connectivity index (χ0) is 17.8. The zero-order valence-corrected chi connectivity index (χ0v) is 15.2. The highest BCUT2D eigenvalue weighted by Crippen LogP contribution is 2.42. The van der Waals surface area contributed by atoms with Crippen LogP contribution in [0.2, 0.25) is 0 Å². The molecule has 1 amide bonds. The summed E-state index contributed by atoms with van der Waals surface area (Å²) in [7, 11) is 0. The van der Waals surface area contributed by atoms with Gasteiger partial charge in [0.1, 0.15) is 0 Å². The van der Waals surface area contributed by atoms with Crippen molar-refractivity contribution in [2.24, 2.45) is 11.8 Å². The van der Waals surface area contributed by atoms with E-state index in [0.29, 0.717) is 23.9 Å². The Labute approximate surface area is 150 Å². The Kier molecular flexibility index (Phi) is 5.79. The third kappa shape index (κ3) is 5.08. The lowest BCUT2D eigenvalue weighted by molar-refractivity contribution is 0.183. The summed E-state index contributed by atoms with van der Waals surface area (Å²) in [6.45, 7) is 4.57. The normalized spacial score (nSPS) is 29.5. The minimum Gasteiger partial charge on any atom is -0.465 e. The number of rotatable bonds is 6. The van der Waals surface area contributed by atoms with Gasteiger partial charge in [-0.15, -0.1) is 0 Å². The maximum absolute atomic E-state index is 10.7. The molecule has 4 nitrogen and oxygen atoms in total. The Morgan fingerprint density at radius 2 is 1.76 bits per heavy atom. The van der Waals surface area contributed by atoms with Crippen LogP contribution in [0.1, 0.15) is 51.5 Å². The minimum atomic E-state index is -0.897. The van der Waals surface area contributed by atoms with Crippen molar-refractivity contribution in [3.05, 3.63) is 41.5 Å². The molecule has 0 heterocycles. The molecule has 2 fully saturated rings. The molecule has 1 aromatic carbocycles. The standard InChI is InChI=1S/C21H30N2O2/c1-14(2)18(12-15-6-4-3-5-7-15)19-13-20(19)22-16-8-10-17(11-9-16)23-21(24)25/h3-7,12,14,16-17,19-20,22-23H,8-11,13H2,1-2H3,(H,24,25)/b18-12+/t16-,17+,19?,20?. The maximum atomic E-state index is 10.7. The molecule has 1 aromatic rings. The molecule has 2 aliphatic carbocycles. The van der Waals surface area contributed by atoms with Crippen LogP contribution in [-0.4, -0.2) is 29.3 Å². The summed E-state index contributed by atoms with van der Waals surface area (Å²) in [5.41, 5.74) is 2.84. The number of nitrogens with one attached hydrogen (secondary N) is 2. The van der Waals surface area contributed by atoms with Gasteiger partial charge < -0.3 is 15.7 Å². The Balaban J connectivity index is 1.52. The van der Waals surface area contributed by atoms with Crippen LogP contribution < -0.4 is 10.6 Å². The first-order valence-electron chi connectivity index (χ1n) is 9.55. The van der Waals surface area contributed by atoms with Gasteiger partial charge >= 0.3 is 6.09 Å². The highest BCUT2D eigenvalue weighted by atomic mass is 16.4. The van der Waals surface area contributed by atoms with Crippen molar-refractivity contribution in [1.29, 1.82) is 0 Å². The lowest BCUT2D eigenvalue weighted by Gasteiger charge is -2.29. The largest absolute Gasteiger partial charge is 0.465 e. The van der Waals surface area contributed by atoms with Gasteiger partial charge in [-0.25, -0.2) is 4.79 Å². The lowest BCUT2D eigenvalue weighted by atomic mass is 9.91. The van der Waals surface area contributed by atoms with Gasteiger partial charge in [0.05, 0.1) is 0 Å². The van der Waals surface area contributed by atoms with E-state index < -0.39 is 6.09 Å². The summed E-state index contributed by atoms with van der Waals surface area (Å²) >= 11 is 0. The third-order valence-electron chi connectivity index (χ3n) is 5.52. The molecule has 0 aliphatic heterocycles. The molecule has 2 saturated carbocycles. The quantitative estimate of drug-likeness (QED) is 0.723. The van der Waals surface area contributed by atoms with Crippen molar-refractivity contribution in [2.45, 2.75) is 64.1 Å². The second-order valence-corrected chi connectivity index (χ2v) is 7.82. The van der Waals surface area contributed by atoms with Crippen molar-refractivity contribution in [3.8, 4) is 0 Å². The van der Waals surface area contributed by atoms with Crippen molar-refractivity contribution in [2.75, 3.05) is 0 Å². The number of carboxylic acid groups (broad SMARTS) is 1. The van der Waals surface area contributed by atoms with E-state index in [1.165, 1.54) is 12.0 Å². The molecule has 3 rings (SSSR count). The molecule has 2 atom stereocenters. The Hall–Kier alpha value is -1.81. The van der Waals surface area contributed by atoms with Gasteiger partial charge in [-0.05, 0) is 49.5 Å². The van der Waals surface area contributed by atoms with Crippen molar-refractivity contribution >= 4 is 12.2 Å². The third-order valence-corrected chi connectivity index (χ3v) is 5.52. The first-order valence-corrected chi connectivity index (χ1v) is 9.55. The molecule has 4 heteroatoms. The number of hydrogen-bond donors (Lipinski definition) is 3. The first kappa shape index (κ1) is 18.0. The summed E-state index contributed by atoms with van der Waals surface area (Å²) in [5, 5.41) is 15.3. The predicted molar refractivity (Wildman–Crippen MR) is 101 cm³/mol. The van der Waals surface area contributed by atoms with E-state index in [0.717, 1.165) is 25.7 Å². The van der Waals surface area contributed by atoms with Crippen LogP contribution in [0.5, 0.6) is 0 Å². The van der Waals surface area contributed by atoms with Gasteiger partial charge in [-0.3, -0.25) is 0 Å². The average molecular weight is 342 g/mol. The van der Waals surface area contributed by atoms with Crippen molar-refractivity contribution < 1.29 is 9.90 Å². The van der Waals surface area contributed by atoms with E-state index in [2.05, 4.69) is 60.9 Å². The summed E-state index contributed by atoms with van der Waals surface area (Å²) in [5.74, 6) is 1.21. The molecule has 3 N–H and O–H groups in total. The van der Waals surface area contributed by atoms with Crippen LogP contribution in [-0.2, 0) is 0 Å². The summed E-state index contributed by atoms with van der Waals surface area (Å²) in [4.78, 5) is 10.7. The molecule has 2 unspecified atom stereocenters. The lowest BCUT2D eigenvalue weighted by Crippen LogP contribution is -2.42. The SMILES string of the molecule is CC(C)/C(=C\c1ccccc1)C1CC1N[C@H]1CC[C@@H](NC(=O)O)CC1. The Bertz CT molecular complexity index is 604. The highest BCUT2D eigenvalue weighted by Gasteiger charge is 2.41. The first-order chi connectivity index (χ1) is 12.0. The zero-order valence-electron chi connectivity index (χ0n) is 15.2. The van der Waals surface area contributed by atoms with E-state index >= 15 is 0 Å². The molecule has 2 aliphatic rings. The van der Waals surface area contributed by atoms with E-state index in [1.54, 1.807) is 5.57 Å². The molecule has 0 aromatic heterocycles. The summed E-state index contributed by atoms with van der Waals surface area (Å²) in [6, 6.07) is 11.8. The second-order valence-electron chi connectivity index (χ2n) is 7.82. The topological polar surface area (TPSA) is 61.4 Å². The summed E-state index contributed by atoms with van der Waals surface area (Å²) < 4.78 is 0. The average Bonchev–Trinajstić information content (AvgIpc) is 3.33. The van der Waals surface area contributed by atoms with E-state index in [-0.39, 0.29) is 6.04 Å². The number of benzene rings is 1. The van der Waals surface area contributed by atoms with Crippen molar-refractivity contribution in [3.63, 3.8) is 0 Å². The molecular formula is C21H30N2O2. The van der Waals surface area contributed by atoms with Crippen LogP contribution in [0.15, 0.2) is 35.9 Å². The fourth-order valence-electron chi connectivity index (χ4n) is 4.07. The van der Waals surface area contributed by atoms with Gasteiger partial charge in [0.2, 0.25) is 0 Å². The molecule has 25 heavy (non-hydrogen) atoms. The van der Waals surface area contributed by atoms with E-state index in [9.17, 15) is 4.79 Å². The number of amides is 1. The highest BCUT2D eigenvalue weighted by molar-refractivity contribution is 5.64. The van der Waals surface area contributed by atoms with Gasteiger partial charge in [-0.1, -0.05) is 55.8 Å². The fraction of sp³-hybridized carbons (Fsp3) is 0.571. The summed E-state index contributed by atoms with van der Waals surface area (Å²) in [6.07, 6.45) is 6.71. The van der Waals surface area contributed by atoms with Crippen LogP contribution >= 0.6 is 0 Å². The van der Waals surface area contributed by atoms with Gasteiger partial charge in [0.25, 0.3) is 0 Å². The van der Waals surface area contributed by atoms with Crippen LogP contribution in [0.25, 0.3) is 6.08 Å². The maximum Gasteiger partial charge on any atom is 0.404 e. The Morgan fingerprint density at radius 3 is 2.36 bits per heavy atom. The fourth-order valence-corrected chi connectivity index (χ4v) is 4.07. The number of hydrogen-bond acceptors (Lipinski definition) is 2. The molecule has 0 radical (unpaired) electrons. The van der Waals surface area contributed by atoms with E-state index in [4.69, 9.17) is 5.11 Å². The molecule has 0 saturated heterocycles. The van der Waals surface area contributed by atoms with Crippen LogP contribution in [0.4, 0.5) is 4.79 Å². The molecule has 0 spiro atoms. The smallest absolute Gasteiger partial charge is 0.404 e. The predicted octanol–water partition coefficient (Wildman–Crippen LogP) is 4.28. The van der Waals surface area contributed by atoms with Crippen molar-refractivity contribution in [1.82, 2.24) is 10.6 Å². The second kappa shape index (κ2) is 8.05. The molecule has 0 bridgehead atoms. The van der Waals surface area contributed by atoms with Gasteiger partial charge in [-0.2, -0.15) is 0 Å². The van der Waals surface area contributed by atoms with E-state index in [1.807, 2.05) is 0 Å². The van der Waals surface area contributed by atoms with Gasteiger partial charge in [0, 0.05) is 18.1 Å². The number of carbonyl (C=O) groups is 1. The monoisotopic (exact) mass is 342 g/mol.